The van der Waals surface area contributed by atoms with Crippen LogP contribution in [-0.4, -0.2) is 18.5 Å². The molecule has 0 aliphatic carbocycles. The molecular formula is C20H21F2N3O. The van der Waals surface area contributed by atoms with Crippen molar-refractivity contribution >= 4 is 11.6 Å². The number of carbonyl (C=O) groups excluding carboxylic acids is 1. The Morgan fingerprint density at radius 2 is 1.88 bits per heavy atom. The molecule has 0 aliphatic rings. The molecule has 2 atom stereocenters. The quantitative estimate of drug-likeness (QED) is 0.816. The Balaban J connectivity index is 2.13. The van der Waals surface area contributed by atoms with Gasteiger partial charge in [0.1, 0.15) is 11.6 Å². The first-order valence-corrected chi connectivity index (χ1v) is 8.38. The van der Waals surface area contributed by atoms with E-state index in [1.807, 2.05) is 24.3 Å². The van der Waals surface area contributed by atoms with E-state index in [0.717, 1.165) is 6.07 Å². The zero-order valence-electron chi connectivity index (χ0n) is 14.7. The monoisotopic (exact) mass is 357 g/mol. The van der Waals surface area contributed by atoms with Gasteiger partial charge in [-0.15, -0.1) is 0 Å². The first kappa shape index (κ1) is 19.5. The SMILES string of the molecule is CC(NC(C)c1ccc(F)cc1F)C(=O)N(CCC#N)c1ccccc1. The average molecular weight is 357 g/mol. The third-order valence-electron chi connectivity index (χ3n) is 4.08. The number of benzene rings is 2. The van der Waals surface area contributed by atoms with Gasteiger partial charge in [-0.05, 0) is 32.0 Å². The predicted molar refractivity (Wildman–Crippen MR) is 96.4 cm³/mol. The molecule has 6 heteroatoms. The van der Waals surface area contributed by atoms with Crippen molar-refractivity contribution < 1.29 is 13.6 Å². The summed E-state index contributed by atoms with van der Waals surface area (Å²) in [6, 6.07) is 13.4. The van der Waals surface area contributed by atoms with Crippen LogP contribution in [0.15, 0.2) is 48.5 Å². The van der Waals surface area contributed by atoms with Crippen molar-refractivity contribution in [1.82, 2.24) is 5.32 Å². The van der Waals surface area contributed by atoms with Crippen LogP contribution in [0, 0.1) is 23.0 Å². The molecule has 2 unspecified atom stereocenters. The van der Waals surface area contributed by atoms with Gasteiger partial charge in [0, 0.05) is 29.9 Å². The third kappa shape index (κ3) is 4.87. The number of halogens is 2. The van der Waals surface area contributed by atoms with Crippen LogP contribution in [0.1, 0.15) is 31.9 Å². The highest BCUT2D eigenvalue weighted by molar-refractivity contribution is 5.97. The van der Waals surface area contributed by atoms with Crippen molar-refractivity contribution in [3.05, 3.63) is 65.7 Å². The third-order valence-corrected chi connectivity index (χ3v) is 4.08. The molecule has 2 rings (SSSR count). The first-order valence-electron chi connectivity index (χ1n) is 8.38. The molecule has 0 fully saturated rings. The number of para-hydroxylation sites is 1. The van der Waals surface area contributed by atoms with Crippen molar-refractivity contribution in [2.75, 3.05) is 11.4 Å². The molecule has 1 N–H and O–H groups in total. The van der Waals surface area contributed by atoms with Gasteiger partial charge in [0.05, 0.1) is 18.5 Å². The normalized spacial score (nSPS) is 12.9. The van der Waals surface area contributed by atoms with Gasteiger partial charge in [-0.25, -0.2) is 8.78 Å². The lowest BCUT2D eigenvalue weighted by atomic mass is 10.1. The van der Waals surface area contributed by atoms with E-state index in [1.165, 1.54) is 17.0 Å². The fourth-order valence-electron chi connectivity index (χ4n) is 2.76. The highest BCUT2D eigenvalue weighted by atomic mass is 19.1. The van der Waals surface area contributed by atoms with Crippen LogP contribution in [0.5, 0.6) is 0 Å². The minimum atomic E-state index is -0.658. The van der Waals surface area contributed by atoms with Crippen LogP contribution >= 0.6 is 0 Å². The van der Waals surface area contributed by atoms with Gasteiger partial charge >= 0.3 is 0 Å². The van der Waals surface area contributed by atoms with E-state index in [4.69, 9.17) is 5.26 Å². The number of hydrogen-bond donors (Lipinski definition) is 1. The van der Waals surface area contributed by atoms with Crippen molar-refractivity contribution in [3.63, 3.8) is 0 Å². The summed E-state index contributed by atoms with van der Waals surface area (Å²) >= 11 is 0. The Morgan fingerprint density at radius 1 is 1.19 bits per heavy atom. The van der Waals surface area contributed by atoms with Crippen LogP contribution < -0.4 is 10.2 Å². The molecule has 0 aliphatic heterocycles. The number of hydrogen-bond acceptors (Lipinski definition) is 3. The summed E-state index contributed by atoms with van der Waals surface area (Å²) in [4.78, 5) is 14.4. The Morgan fingerprint density at radius 3 is 2.50 bits per heavy atom. The van der Waals surface area contributed by atoms with E-state index < -0.39 is 23.7 Å². The molecule has 0 spiro atoms. The smallest absolute Gasteiger partial charge is 0.243 e. The van der Waals surface area contributed by atoms with E-state index in [9.17, 15) is 13.6 Å². The molecular weight excluding hydrogens is 336 g/mol. The summed E-state index contributed by atoms with van der Waals surface area (Å²) < 4.78 is 27.0. The molecule has 0 saturated heterocycles. The number of amides is 1. The largest absolute Gasteiger partial charge is 0.310 e. The Labute approximate surface area is 152 Å². The highest BCUT2D eigenvalue weighted by Gasteiger charge is 2.24. The average Bonchev–Trinajstić information content (AvgIpc) is 2.62. The number of carbonyl (C=O) groups is 1. The lowest BCUT2D eigenvalue weighted by Crippen LogP contribution is -2.46. The van der Waals surface area contributed by atoms with Gasteiger partial charge in [-0.2, -0.15) is 5.26 Å². The Kier molecular flexibility index (Phi) is 6.81. The Hall–Kier alpha value is -2.78. The van der Waals surface area contributed by atoms with Crippen LogP contribution in [-0.2, 0) is 4.79 Å². The molecule has 0 saturated carbocycles. The molecule has 1 amide bonds. The van der Waals surface area contributed by atoms with Gasteiger partial charge in [-0.1, -0.05) is 24.3 Å². The lowest BCUT2D eigenvalue weighted by Gasteiger charge is -2.27. The first-order chi connectivity index (χ1) is 12.4. The van der Waals surface area contributed by atoms with E-state index in [0.29, 0.717) is 5.69 Å². The van der Waals surface area contributed by atoms with Gasteiger partial charge in [0.25, 0.3) is 0 Å². The topological polar surface area (TPSA) is 56.1 Å². The number of nitrogens with one attached hydrogen (secondary N) is 1. The van der Waals surface area contributed by atoms with Crippen LogP contribution in [0.3, 0.4) is 0 Å². The van der Waals surface area contributed by atoms with E-state index in [1.54, 1.807) is 26.0 Å². The predicted octanol–water partition coefficient (Wildman–Crippen LogP) is 3.95. The second-order valence-electron chi connectivity index (χ2n) is 6.01. The fourth-order valence-corrected chi connectivity index (χ4v) is 2.76. The van der Waals surface area contributed by atoms with Crippen LogP contribution in [0.4, 0.5) is 14.5 Å². The van der Waals surface area contributed by atoms with Crippen LogP contribution in [0.25, 0.3) is 0 Å². The summed E-state index contributed by atoms with van der Waals surface area (Å²) in [6.07, 6.45) is 0.204. The molecule has 0 heterocycles. The summed E-state index contributed by atoms with van der Waals surface area (Å²) in [6.45, 7) is 3.66. The van der Waals surface area contributed by atoms with Crippen molar-refractivity contribution in [2.45, 2.75) is 32.4 Å². The van der Waals surface area contributed by atoms with Gasteiger partial charge in [0.2, 0.25) is 5.91 Å². The zero-order chi connectivity index (χ0) is 19.1. The van der Waals surface area contributed by atoms with Crippen molar-refractivity contribution in [1.29, 1.82) is 5.26 Å². The second kappa shape index (κ2) is 9.07. The minimum absolute atomic E-state index is 0.204. The molecule has 4 nitrogen and oxygen atoms in total. The molecule has 2 aromatic rings. The molecule has 26 heavy (non-hydrogen) atoms. The minimum Gasteiger partial charge on any atom is -0.310 e. The van der Waals surface area contributed by atoms with E-state index in [-0.39, 0.29) is 24.4 Å². The molecule has 2 aromatic carbocycles. The van der Waals surface area contributed by atoms with E-state index >= 15 is 0 Å². The molecule has 136 valence electrons. The maximum atomic E-state index is 13.9. The molecule has 0 aromatic heterocycles. The number of rotatable bonds is 7. The summed E-state index contributed by atoms with van der Waals surface area (Å²) in [5.41, 5.74) is 0.983. The number of anilines is 1. The maximum Gasteiger partial charge on any atom is 0.243 e. The van der Waals surface area contributed by atoms with Gasteiger partial charge in [-0.3, -0.25) is 10.1 Å². The molecule has 0 bridgehead atoms. The van der Waals surface area contributed by atoms with E-state index in [2.05, 4.69) is 5.32 Å². The summed E-state index contributed by atoms with van der Waals surface area (Å²) in [7, 11) is 0. The number of nitrogens with zero attached hydrogens (tertiary/aromatic N) is 2. The second-order valence-corrected chi connectivity index (χ2v) is 6.01. The standard InChI is InChI=1S/C20H21F2N3O/c1-14(18-10-9-16(21)13-19(18)22)24-15(2)20(26)25(12-6-11-23)17-7-4-3-5-8-17/h3-5,7-10,13-15,24H,6,12H2,1-2H3. The van der Waals surface area contributed by atoms with Gasteiger partial charge < -0.3 is 4.90 Å². The lowest BCUT2D eigenvalue weighted by molar-refractivity contribution is -0.120. The molecule has 0 radical (unpaired) electrons. The zero-order valence-corrected chi connectivity index (χ0v) is 14.7. The summed E-state index contributed by atoms with van der Waals surface area (Å²) in [5, 5.41) is 11.9. The van der Waals surface area contributed by atoms with Crippen molar-refractivity contribution in [3.8, 4) is 6.07 Å². The fraction of sp³-hybridized carbons (Fsp3) is 0.300. The summed E-state index contributed by atoms with van der Waals surface area (Å²) in [5.74, 6) is -1.52. The Bertz CT molecular complexity index is 789. The van der Waals surface area contributed by atoms with Gasteiger partial charge in [0.15, 0.2) is 0 Å². The van der Waals surface area contributed by atoms with Crippen LogP contribution in [0.2, 0.25) is 0 Å². The maximum absolute atomic E-state index is 13.9. The van der Waals surface area contributed by atoms with Crippen molar-refractivity contribution in [2.24, 2.45) is 0 Å². The number of nitriles is 1. The highest BCUT2D eigenvalue weighted by Crippen LogP contribution is 2.20.